The van der Waals surface area contributed by atoms with Gasteiger partial charge >= 0.3 is 0 Å². The van der Waals surface area contributed by atoms with Crippen LogP contribution in [0.5, 0.6) is 5.75 Å². The van der Waals surface area contributed by atoms with Gasteiger partial charge in [-0.2, -0.15) is 10.1 Å². The lowest BCUT2D eigenvalue weighted by atomic mass is 10.1. The molecule has 3 aromatic heterocycles. The first-order valence-electron chi connectivity index (χ1n) is 10.6. The molecule has 9 nitrogen and oxygen atoms in total. The summed E-state index contributed by atoms with van der Waals surface area (Å²) >= 11 is 1.56. The van der Waals surface area contributed by atoms with Crippen LogP contribution in [0.3, 0.4) is 0 Å². The van der Waals surface area contributed by atoms with E-state index >= 15 is 0 Å². The summed E-state index contributed by atoms with van der Waals surface area (Å²) in [5, 5.41) is 9.52. The first kappa shape index (κ1) is 20.7. The number of nitrogens with zero attached hydrogens (tertiary/aromatic N) is 5. The first-order chi connectivity index (χ1) is 15.4. The number of anilines is 1. The average Bonchev–Trinajstić information content (AvgIpc) is 3.51. The summed E-state index contributed by atoms with van der Waals surface area (Å²) in [7, 11) is 1.66. The summed E-state index contributed by atoms with van der Waals surface area (Å²) in [6.07, 6.45) is 6.29. The number of nitrogen functional groups attached to an aromatic ring is 1. The lowest BCUT2D eigenvalue weighted by Crippen LogP contribution is -2.25. The van der Waals surface area contributed by atoms with E-state index in [-0.39, 0.29) is 11.9 Å². The molecule has 0 bridgehead atoms. The highest BCUT2D eigenvalue weighted by molar-refractivity contribution is 7.99. The maximum absolute atomic E-state index is 12.4. The van der Waals surface area contributed by atoms with Gasteiger partial charge in [-0.15, -0.1) is 11.8 Å². The Morgan fingerprint density at radius 2 is 2.16 bits per heavy atom. The van der Waals surface area contributed by atoms with Crippen LogP contribution in [0.15, 0.2) is 16.8 Å². The summed E-state index contributed by atoms with van der Waals surface area (Å²) in [6, 6.07) is 0.345. The fourth-order valence-electron chi connectivity index (χ4n) is 3.98. The van der Waals surface area contributed by atoms with Crippen LogP contribution in [0, 0.1) is 13.8 Å². The average molecular weight is 452 g/mol. The topological polar surface area (TPSA) is 121 Å². The summed E-state index contributed by atoms with van der Waals surface area (Å²) in [5.41, 5.74) is 11.2. The second-order valence-electron chi connectivity index (χ2n) is 8.28. The third-order valence-electron chi connectivity index (χ3n) is 5.72. The first-order valence-corrected chi connectivity index (χ1v) is 11.6. The number of hydrogen-bond acceptors (Lipinski definition) is 8. The molecule has 0 spiro atoms. The van der Waals surface area contributed by atoms with Crippen molar-refractivity contribution in [3.63, 3.8) is 0 Å². The normalized spacial score (nSPS) is 15.4. The summed E-state index contributed by atoms with van der Waals surface area (Å²) < 4.78 is 7.36. The van der Waals surface area contributed by atoms with Gasteiger partial charge in [0.15, 0.2) is 5.65 Å². The van der Waals surface area contributed by atoms with E-state index in [0.717, 1.165) is 57.1 Å². The molecule has 0 unspecified atom stereocenters. The zero-order chi connectivity index (χ0) is 22.4. The van der Waals surface area contributed by atoms with Gasteiger partial charge < -0.3 is 15.8 Å². The largest absolute Gasteiger partial charge is 0.496 e. The Kier molecular flexibility index (Phi) is 5.24. The van der Waals surface area contributed by atoms with Gasteiger partial charge in [-0.25, -0.2) is 9.67 Å². The van der Waals surface area contributed by atoms with E-state index in [1.807, 2.05) is 19.9 Å². The van der Waals surface area contributed by atoms with Crippen molar-refractivity contribution in [3.05, 3.63) is 34.3 Å². The van der Waals surface area contributed by atoms with Gasteiger partial charge in [0, 0.05) is 35.5 Å². The van der Waals surface area contributed by atoms with E-state index < -0.39 is 0 Å². The summed E-state index contributed by atoms with van der Waals surface area (Å²) in [5.74, 6) is 1.74. The maximum atomic E-state index is 12.4. The molecule has 3 aromatic rings. The molecule has 0 radical (unpaired) electrons. The van der Waals surface area contributed by atoms with Crippen LogP contribution >= 0.6 is 11.8 Å². The van der Waals surface area contributed by atoms with Crippen LogP contribution in [-0.2, 0) is 11.3 Å². The fraction of sp³-hybridized carbons (Fsp3) is 0.409. The summed E-state index contributed by atoms with van der Waals surface area (Å²) in [4.78, 5) is 25.9. The van der Waals surface area contributed by atoms with Crippen molar-refractivity contribution in [1.29, 1.82) is 0 Å². The maximum Gasteiger partial charge on any atom is 0.224 e. The molecular weight excluding hydrogens is 426 g/mol. The number of rotatable bonds is 6. The number of amides is 1. The number of carbonyl (C=O) groups is 1. The van der Waals surface area contributed by atoms with E-state index in [2.05, 4.69) is 20.3 Å². The van der Waals surface area contributed by atoms with Crippen molar-refractivity contribution >= 4 is 40.7 Å². The van der Waals surface area contributed by atoms with E-state index in [9.17, 15) is 4.79 Å². The molecule has 10 heteroatoms. The lowest BCUT2D eigenvalue weighted by molar-refractivity contribution is -0.120. The van der Waals surface area contributed by atoms with Gasteiger partial charge in [-0.1, -0.05) is 0 Å². The quantitative estimate of drug-likeness (QED) is 0.549. The highest BCUT2D eigenvalue weighted by atomic mass is 32.2. The Hall–Kier alpha value is -3.14. The molecule has 2 aliphatic rings. The van der Waals surface area contributed by atoms with E-state index in [0.29, 0.717) is 30.4 Å². The Morgan fingerprint density at radius 1 is 1.34 bits per heavy atom. The molecule has 3 N–H and O–H groups in total. The van der Waals surface area contributed by atoms with Gasteiger partial charge in [-0.05, 0) is 38.3 Å². The molecule has 1 fully saturated rings. The lowest BCUT2D eigenvalue weighted by Gasteiger charge is -2.12. The number of pyridine rings is 1. The third-order valence-corrected chi connectivity index (χ3v) is 6.80. The second-order valence-corrected chi connectivity index (χ2v) is 9.25. The van der Waals surface area contributed by atoms with Gasteiger partial charge in [0.05, 0.1) is 30.4 Å². The molecule has 1 aliphatic carbocycles. The molecule has 32 heavy (non-hydrogen) atoms. The minimum Gasteiger partial charge on any atom is -0.496 e. The van der Waals surface area contributed by atoms with Crippen LogP contribution < -0.4 is 15.8 Å². The fourth-order valence-corrected chi connectivity index (χ4v) is 4.99. The van der Waals surface area contributed by atoms with Crippen molar-refractivity contribution in [2.24, 2.45) is 0 Å². The molecule has 4 heterocycles. The number of nitrogens with two attached hydrogens (primary N) is 1. The molecule has 1 aliphatic heterocycles. The Bertz CT molecular complexity index is 1260. The number of nitrogens with one attached hydrogen (secondary N) is 1. The third kappa shape index (κ3) is 3.90. The SMILES string of the molecule is COc1c(C)cnc(Cn2nc3c4c(nc(N)nc42)SCC(CC(=O)NC2CC2)=C3)c1C. The van der Waals surface area contributed by atoms with Crippen LogP contribution in [0.2, 0.25) is 0 Å². The second kappa shape index (κ2) is 8.09. The number of methoxy groups -OCH3 is 1. The van der Waals surface area contributed by atoms with E-state index in [1.165, 1.54) is 0 Å². The minimum atomic E-state index is 0.0538. The highest BCUT2D eigenvalue weighted by Gasteiger charge is 2.25. The van der Waals surface area contributed by atoms with Gasteiger partial charge in [0.25, 0.3) is 0 Å². The Morgan fingerprint density at radius 3 is 2.91 bits per heavy atom. The Labute approximate surface area is 189 Å². The van der Waals surface area contributed by atoms with Crippen molar-refractivity contribution in [1.82, 2.24) is 30.0 Å². The standard InChI is InChI=1S/C22H25N7O2S/c1-11-8-24-16(12(2)19(11)31-3)9-29-20-18-15(28-29)6-13(7-17(30)25-14-4-5-14)10-32-21(18)27-22(23)26-20/h6,8,14H,4-5,7,9-10H2,1-3H3,(H,25,30)(H2,23,26,27). The number of aryl methyl sites for hydroxylation is 1. The Balaban J connectivity index is 1.53. The van der Waals surface area contributed by atoms with Crippen LogP contribution in [0.25, 0.3) is 17.1 Å². The van der Waals surface area contributed by atoms with Gasteiger partial charge in [0.1, 0.15) is 10.8 Å². The van der Waals surface area contributed by atoms with Crippen LogP contribution in [0.4, 0.5) is 5.95 Å². The van der Waals surface area contributed by atoms with Crippen molar-refractivity contribution in [2.75, 3.05) is 18.6 Å². The predicted molar refractivity (Wildman–Crippen MR) is 124 cm³/mol. The predicted octanol–water partition coefficient (Wildman–Crippen LogP) is 2.64. The van der Waals surface area contributed by atoms with Gasteiger partial charge in [0.2, 0.25) is 11.9 Å². The molecule has 1 saturated carbocycles. The zero-order valence-corrected chi connectivity index (χ0v) is 19.1. The molecule has 166 valence electrons. The van der Waals surface area contributed by atoms with Crippen LogP contribution in [0.1, 0.15) is 41.8 Å². The molecule has 0 saturated heterocycles. The number of thioether (sulfide) groups is 1. The minimum absolute atomic E-state index is 0.0538. The molecule has 0 atom stereocenters. The molecule has 5 rings (SSSR count). The van der Waals surface area contributed by atoms with E-state index in [1.54, 1.807) is 29.8 Å². The number of carbonyl (C=O) groups excluding carboxylic acids is 1. The van der Waals surface area contributed by atoms with Gasteiger partial charge in [-0.3, -0.25) is 9.78 Å². The van der Waals surface area contributed by atoms with Crippen molar-refractivity contribution < 1.29 is 9.53 Å². The molecule has 0 aromatic carbocycles. The van der Waals surface area contributed by atoms with Crippen molar-refractivity contribution in [3.8, 4) is 5.75 Å². The van der Waals surface area contributed by atoms with E-state index in [4.69, 9.17) is 15.6 Å². The zero-order valence-electron chi connectivity index (χ0n) is 18.3. The number of aromatic nitrogens is 5. The number of hydrogen-bond donors (Lipinski definition) is 2. The highest BCUT2D eigenvalue weighted by Crippen LogP contribution is 2.36. The summed E-state index contributed by atoms with van der Waals surface area (Å²) in [6.45, 7) is 4.38. The smallest absolute Gasteiger partial charge is 0.224 e. The molecular formula is C22H25N7O2S. The molecule has 1 amide bonds. The monoisotopic (exact) mass is 451 g/mol. The van der Waals surface area contributed by atoms with Crippen LogP contribution in [-0.4, -0.2) is 49.5 Å². The van der Waals surface area contributed by atoms with Crippen molar-refractivity contribution in [2.45, 2.75) is 50.7 Å². The number of ether oxygens (including phenoxy) is 1.